The fourth-order valence-electron chi connectivity index (χ4n) is 7.35. The van der Waals surface area contributed by atoms with Crippen molar-refractivity contribution in [3.8, 4) is 33.4 Å². The number of hydrogen-bond donors (Lipinski definition) is 1. The topological polar surface area (TPSA) is 50.7 Å². The van der Waals surface area contributed by atoms with Gasteiger partial charge in [0.25, 0.3) is 0 Å². The lowest BCUT2D eigenvalue weighted by Crippen LogP contribution is -2.18. The first-order valence-electron chi connectivity index (χ1n) is 17.0. The fraction of sp³-hybridized carbons (Fsp3) is 0.0638. The van der Waals surface area contributed by atoms with Crippen molar-refractivity contribution in [1.29, 1.82) is 0 Å². The number of benzene rings is 7. The molecule has 3 heteroatoms. The lowest BCUT2D eigenvalue weighted by atomic mass is 9.82. The number of nitrogens with zero attached hydrogens (tertiary/aromatic N) is 2. The van der Waals surface area contributed by atoms with Crippen LogP contribution in [0.15, 0.2) is 180 Å². The van der Waals surface area contributed by atoms with E-state index in [4.69, 9.17) is 15.7 Å². The quantitative estimate of drug-likeness (QED) is 0.142. The molecule has 0 spiro atoms. The van der Waals surface area contributed by atoms with Crippen LogP contribution in [-0.4, -0.2) is 11.7 Å². The average molecular weight is 644 g/mol. The lowest BCUT2D eigenvalue weighted by Gasteiger charge is -2.21. The zero-order valence-corrected chi connectivity index (χ0v) is 28.3. The van der Waals surface area contributed by atoms with Crippen LogP contribution in [0.5, 0.6) is 0 Å². The Morgan fingerprint density at radius 3 is 1.84 bits per heavy atom. The van der Waals surface area contributed by atoms with Crippen LogP contribution in [0.2, 0.25) is 0 Å². The smallest absolute Gasteiger partial charge is 0.162 e. The van der Waals surface area contributed by atoms with E-state index in [2.05, 4.69) is 111 Å². The van der Waals surface area contributed by atoms with E-state index in [1.807, 2.05) is 72.8 Å². The fourth-order valence-corrected chi connectivity index (χ4v) is 7.35. The largest absolute Gasteiger partial charge is 0.383 e. The summed E-state index contributed by atoms with van der Waals surface area (Å²) in [6.07, 6.45) is 0. The number of fused-ring (bicyclic) bond motifs is 4. The van der Waals surface area contributed by atoms with E-state index in [1.54, 1.807) is 0 Å². The van der Waals surface area contributed by atoms with Crippen LogP contribution < -0.4 is 5.73 Å². The summed E-state index contributed by atoms with van der Waals surface area (Å²) in [5.41, 5.74) is 20.2. The summed E-state index contributed by atoms with van der Waals surface area (Å²) in [6, 6.07) is 56.9. The van der Waals surface area contributed by atoms with Crippen LogP contribution in [0, 0.1) is 0 Å². The van der Waals surface area contributed by atoms with Gasteiger partial charge in [0.1, 0.15) is 5.84 Å². The van der Waals surface area contributed by atoms with Crippen molar-refractivity contribution >= 4 is 28.1 Å². The highest BCUT2D eigenvalue weighted by Gasteiger charge is 2.36. The van der Waals surface area contributed by atoms with E-state index in [9.17, 15) is 0 Å². The van der Waals surface area contributed by atoms with Gasteiger partial charge in [-0.05, 0) is 60.8 Å². The van der Waals surface area contributed by atoms with Gasteiger partial charge in [-0.15, -0.1) is 0 Å². The SMILES string of the molecule is C=C(/N=C(\N=C(/N)c1c(-c2ccc(-c3cccc4c3-c3ccccc3C4(C)C)cc2)ccc2ccccc12)c1ccccc1)c1ccccc1. The highest BCUT2D eigenvalue weighted by Crippen LogP contribution is 2.52. The van der Waals surface area contributed by atoms with Gasteiger partial charge in [-0.25, -0.2) is 9.98 Å². The molecule has 7 aromatic rings. The molecule has 50 heavy (non-hydrogen) atoms. The van der Waals surface area contributed by atoms with Crippen molar-refractivity contribution in [2.45, 2.75) is 19.3 Å². The van der Waals surface area contributed by atoms with Gasteiger partial charge in [-0.2, -0.15) is 0 Å². The van der Waals surface area contributed by atoms with E-state index >= 15 is 0 Å². The Morgan fingerprint density at radius 1 is 0.520 bits per heavy atom. The van der Waals surface area contributed by atoms with Gasteiger partial charge < -0.3 is 5.73 Å². The minimum Gasteiger partial charge on any atom is -0.383 e. The average Bonchev–Trinajstić information content (AvgIpc) is 3.41. The zero-order chi connectivity index (χ0) is 34.2. The predicted octanol–water partition coefficient (Wildman–Crippen LogP) is 11.3. The number of aliphatic imine (C=N–C) groups is 2. The zero-order valence-electron chi connectivity index (χ0n) is 28.3. The third kappa shape index (κ3) is 5.43. The third-order valence-corrected chi connectivity index (χ3v) is 9.91. The van der Waals surface area contributed by atoms with Crippen LogP contribution in [-0.2, 0) is 5.41 Å². The number of amidine groups is 2. The molecule has 0 saturated carbocycles. The van der Waals surface area contributed by atoms with Crippen molar-refractivity contribution in [1.82, 2.24) is 0 Å². The molecule has 0 aliphatic heterocycles. The molecular formula is C47H37N3. The molecule has 240 valence electrons. The number of hydrogen-bond acceptors (Lipinski definition) is 1. The van der Waals surface area contributed by atoms with Gasteiger partial charge in [-0.3, -0.25) is 0 Å². The molecule has 0 aromatic heterocycles. The van der Waals surface area contributed by atoms with Crippen molar-refractivity contribution in [3.63, 3.8) is 0 Å². The van der Waals surface area contributed by atoms with Crippen molar-refractivity contribution in [2.75, 3.05) is 0 Å². The second-order valence-corrected chi connectivity index (χ2v) is 13.3. The predicted molar refractivity (Wildman–Crippen MR) is 212 cm³/mol. The summed E-state index contributed by atoms with van der Waals surface area (Å²) < 4.78 is 0. The van der Waals surface area contributed by atoms with E-state index < -0.39 is 0 Å². The van der Waals surface area contributed by atoms with Crippen LogP contribution in [0.4, 0.5) is 0 Å². The lowest BCUT2D eigenvalue weighted by molar-refractivity contribution is 0.660. The van der Waals surface area contributed by atoms with Crippen LogP contribution in [0.3, 0.4) is 0 Å². The molecule has 0 bridgehead atoms. The molecule has 7 aromatic carbocycles. The molecule has 0 radical (unpaired) electrons. The summed E-state index contributed by atoms with van der Waals surface area (Å²) in [7, 11) is 0. The summed E-state index contributed by atoms with van der Waals surface area (Å²) in [6.45, 7) is 8.91. The van der Waals surface area contributed by atoms with Gasteiger partial charge in [0, 0.05) is 16.5 Å². The molecule has 0 heterocycles. The molecule has 3 nitrogen and oxygen atoms in total. The molecule has 1 aliphatic rings. The minimum atomic E-state index is -0.0475. The molecule has 0 unspecified atom stereocenters. The van der Waals surface area contributed by atoms with Crippen LogP contribution in [0.1, 0.15) is 41.7 Å². The van der Waals surface area contributed by atoms with Crippen LogP contribution >= 0.6 is 0 Å². The normalized spacial score (nSPS) is 13.6. The Hall–Kier alpha value is -6.32. The van der Waals surface area contributed by atoms with Crippen molar-refractivity contribution in [2.24, 2.45) is 15.7 Å². The highest BCUT2D eigenvalue weighted by atomic mass is 15.0. The maximum absolute atomic E-state index is 7.04. The van der Waals surface area contributed by atoms with Gasteiger partial charge in [0.2, 0.25) is 0 Å². The first kappa shape index (κ1) is 31.0. The van der Waals surface area contributed by atoms with Crippen LogP contribution in [0.25, 0.3) is 49.9 Å². The van der Waals surface area contributed by atoms with Gasteiger partial charge in [0.15, 0.2) is 5.84 Å². The van der Waals surface area contributed by atoms with Crippen molar-refractivity contribution < 1.29 is 0 Å². The Labute approximate surface area is 293 Å². The molecule has 0 saturated heterocycles. The molecular weight excluding hydrogens is 607 g/mol. The van der Waals surface area contributed by atoms with Gasteiger partial charge in [-0.1, -0.05) is 184 Å². The standard InChI is InChI=1S/C47H37N3/c1-31(32-15-6-4-7-16-32)49-46(36-18-8-5-9-19-36)50-45(48)44-38-20-11-10-17-33(38)29-30-39(44)35-27-25-34(26-28-35)37-22-14-24-42-43(37)40-21-12-13-23-41(40)47(42,2)3/h4-30H,1H2,2-3H3,(H2,48,49,50). The maximum Gasteiger partial charge on any atom is 0.162 e. The second-order valence-electron chi connectivity index (χ2n) is 13.3. The first-order valence-corrected chi connectivity index (χ1v) is 17.0. The summed E-state index contributed by atoms with van der Waals surface area (Å²) in [4.78, 5) is 9.96. The molecule has 0 amide bonds. The summed E-state index contributed by atoms with van der Waals surface area (Å²) in [5.74, 6) is 0.899. The molecule has 8 rings (SSSR count). The number of rotatable bonds is 6. The molecule has 0 fully saturated rings. The Morgan fingerprint density at radius 2 is 1.10 bits per heavy atom. The Bertz CT molecular complexity index is 2450. The van der Waals surface area contributed by atoms with E-state index in [1.165, 1.54) is 33.4 Å². The summed E-state index contributed by atoms with van der Waals surface area (Å²) in [5, 5.41) is 2.12. The highest BCUT2D eigenvalue weighted by molar-refractivity contribution is 6.19. The molecule has 2 N–H and O–H groups in total. The second kappa shape index (κ2) is 12.6. The van der Waals surface area contributed by atoms with Gasteiger partial charge >= 0.3 is 0 Å². The van der Waals surface area contributed by atoms with E-state index in [-0.39, 0.29) is 5.41 Å². The maximum atomic E-state index is 7.04. The summed E-state index contributed by atoms with van der Waals surface area (Å²) >= 11 is 0. The van der Waals surface area contributed by atoms with Gasteiger partial charge in [0.05, 0.1) is 5.70 Å². The van der Waals surface area contributed by atoms with E-state index in [0.29, 0.717) is 17.4 Å². The Balaban J connectivity index is 1.24. The molecule has 1 aliphatic carbocycles. The number of nitrogens with two attached hydrogens (primary N) is 1. The first-order chi connectivity index (χ1) is 24.4. The third-order valence-electron chi connectivity index (χ3n) is 9.91. The monoisotopic (exact) mass is 643 g/mol. The van der Waals surface area contributed by atoms with Crippen molar-refractivity contribution in [3.05, 3.63) is 198 Å². The van der Waals surface area contributed by atoms with E-state index in [0.717, 1.165) is 38.6 Å². The molecule has 0 atom stereocenters. The Kier molecular flexibility index (Phi) is 7.81. The minimum absolute atomic E-state index is 0.0475.